The molecule has 1 fully saturated rings. The summed E-state index contributed by atoms with van der Waals surface area (Å²) in [7, 11) is 0. The van der Waals surface area contributed by atoms with Gasteiger partial charge in [0.2, 0.25) is 0 Å². The molecule has 0 radical (unpaired) electrons. The quantitative estimate of drug-likeness (QED) is 0.367. The Morgan fingerprint density at radius 1 is 1.08 bits per heavy atom. The van der Waals surface area contributed by atoms with Gasteiger partial charge in [-0.15, -0.1) is 0 Å². The van der Waals surface area contributed by atoms with Gasteiger partial charge in [0, 0.05) is 0 Å². The second-order valence-electron chi connectivity index (χ2n) is 3.03. The number of aliphatic hydroxyl groups excluding tert-OH is 4. The molecule has 72 valence electrons. The maximum Gasteiger partial charge on any atom is 0.111 e. The molecule has 4 N–H and O–H groups in total. The minimum atomic E-state index is -1.24. The minimum Gasteiger partial charge on any atom is -0.394 e. The van der Waals surface area contributed by atoms with Crippen molar-refractivity contribution in [3.05, 3.63) is 0 Å². The lowest BCUT2D eigenvalue weighted by Crippen LogP contribution is -2.57. The van der Waals surface area contributed by atoms with Crippen LogP contribution in [0.3, 0.4) is 0 Å². The number of aliphatic hydroxyl groups is 4. The van der Waals surface area contributed by atoms with E-state index in [0.717, 1.165) is 0 Å². The SMILES string of the molecule is CC1OC(CO)[C@H](O)[C@H](O)[C@H]1O. The van der Waals surface area contributed by atoms with Gasteiger partial charge in [0.05, 0.1) is 12.7 Å². The average molecular weight is 178 g/mol. The Bertz CT molecular complexity index is 146. The second kappa shape index (κ2) is 3.68. The minimum absolute atomic E-state index is 0.366. The molecule has 2 unspecified atom stereocenters. The predicted octanol–water partition coefficient (Wildman–Crippen LogP) is -2.15. The van der Waals surface area contributed by atoms with E-state index in [1.54, 1.807) is 6.92 Å². The zero-order chi connectivity index (χ0) is 9.30. The van der Waals surface area contributed by atoms with Crippen molar-refractivity contribution in [2.45, 2.75) is 37.4 Å². The Hall–Kier alpha value is -0.200. The number of ether oxygens (including phenoxy) is 1. The molecule has 5 heteroatoms. The molecule has 12 heavy (non-hydrogen) atoms. The van der Waals surface area contributed by atoms with Gasteiger partial charge in [-0.1, -0.05) is 0 Å². The van der Waals surface area contributed by atoms with Crippen LogP contribution >= 0.6 is 0 Å². The van der Waals surface area contributed by atoms with E-state index < -0.39 is 30.5 Å². The van der Waals surface area contributed by atoms with Gasteiger partial charge in [0.25, 0.3) is 0 Å². The molecule has 1 aliphatic heterocycles. The number of rotatable bonds is 1. The molecule has 0 aromatic heterocycles. The van der Waals surface area contributed by atoms with Gasteiger partial charge in [-0.2, -0.15) is 0 Å². The molecule has 5 nitrogen and oxygen atoms in total. The zero-order valence-corrected chi connectivity index (χ0v) is 6.79. The van der Waals surface area contributed by atoms with Gasteiger partial charge >= 0.3 is 0 Å². The van der Waals surface area contributed by atoms with Crippen molar-refractivity contribution in [3.63, 3.8) is 0 Å². The van der Waals surface area contributed by atoms with E-state index in [0.29, 0.717) is 0 Å². The predicted molar refractivity (Wildman–Crippen MR) is 39.4 cm³/mol. The lowest BCUT2D eigenvalue weighted by Gasteiger charge is -2.38. The molecule has 0 spiro atoms. The monoisotopic (exact) mass is 178 g/mol. The Morgan fingerprint density at radius 2 is 1.67 bits per heavy atom. The van der Waals surface area contributed by atoms with E-state index in [-0.39, 0.29) is 6.61 Å². The van der Waals surface area contributed by atoms with Gasteiger partial charge in [-0.25, -0.2) is 0 Å². The first-order valence-corrected chi connectivity index (χ1v) is 3.88. The Morgan fingerprint density at radius 3 is 2.17 bits per heavy atom. The third-order valence-corrected chi connectivity index (χ3v) is 2.13. The van der Waals surface area contributed by atoms with Crippen molar-refractivity contribution < 1.29 is 25.2 Å². The average Bonchev–Trinajstić information content (AvgIpc) is 2.08. The van der Waals surface area contributed by atoms with Crippen LogP contribution in [0.2, 0.25) is 0 Å². The summed E-state index contributed by atoms with van der Waals surface area (Å²) in [6.45, 7) is 1.21. The van der Waals surface area contributed by atoms with Crippen molar-refractivity contribution in [3.8, 4) is 0 Å². The van der Waals surface area contributed by atoms with E-state index in [4.69, 9.17) is 9.84 Å². The van der Waals surface area contributed by atoms with Crippen molar-refractivity contribution in [1.29, 1.82) is 0 Å². The van der Waals surface area contributed by atoms with E-state index in [1.807, 2.05) is 0 Å². The van der Waals surface area contributed by atoms with E-state index in [1.165, 1.54) is 0 Å². The fourth-order valence-electron chi connectivity index (χ4n) is 1.29. The van der Waals surface area contributed by atoms with Crippen LogP contribution < -0.4 is 0 Å². The van der Waals surface area contributed by atoms with Gasteiger partial charge in [0.15, 0.2) is 0 Å². The summed E-state index contributed by atoms with van der Waals surface area (Å²) in [6, 6.07) is 0. The van der Waals surface area contributed by atoms with Crippen molar-refractivity contribution >= 4 is 0 Å². The van der Waals surface area contributed by atoms with Gasteiger partial charge in [0.1, 0.15) is 24.4 Å². The van der Waals surface area contributed by atoms with Gasteiger partial charge < -0.3 is 25.2 Å². The Balaban J connectivity index is 2.63. The van der Waals surface area contributed by atoms with Crippen LogP contribution in [0.4, 0.5) is 0 Å². The highest BCUT2D eigenvalue weighted by Crippen LogP contribution is 2.20. The van der Waals surface area contributed by atoms with Crippen LogP contribution in [-0.4, -0.2) is 57.6 Å². The first kappa shape index (κ1) is 9.88. The molecule has 5 atom stereocenters. The maximum absolute atomic E-state index is 9.23. The van der Waals surface area contributed by atoms with E-state index in [9.17, 15) is 15.3 Å². The van der Waals surface area contributed by atoms with Crippen molar-refractivity contribution in [2.75, 3.05) is 6.61 Å². The fraction of sp³-hybridized carbons (Fsp3) is 1.00. The van der Waals surface area contributed by atoms with Crippen LogP contribution in [0.25, 0.3) is 0 Å². The molecule has 0 saturated carbocycles. The normalized spacial score (nSPS) is 49.2. The van der Waals surface area contributed by atoms with Crippen LogP contribution in [0.15, 0.2) is 0 Å². The summed E-state index contributed by atoms with van der Waals surface area (Å²) in [5, 5.41) is 36.4. The summed E-state index contributed by atoms with van der Waals surface area (Å²) >= 11 is 0. The molecule has 1 aliphatic rings. The molecule has 0 aromatic rings. The van der Waals surface area contributed by atoms with Crippen LogP contribution in [0, 0.1) is 0 Å². The first-order chi connectivity index (χ1) is 5.57. The van der Waals surface area contributed by atoms with Crippen molar-refractivity contribution in [2.24, 2.45) is 0 Å². The third-order valence-electron chi connectivity index (χ3n) is 2.13. The lowest BCUT2D eigenvalue weighted by molar-refractivity contribution is -0.224. The third kappa shape index (κ3) is 1.60. The lowest BCUT2D eigenvalue weighted by atomic mass is 9.96. The van der Waals surface area contributed by atoms with Crippen LogP contribution in [0.5, 0.6) is 0 Å². The molecular formula is C7H14O5. The fourth-order valence-corrected chi connectivity index (χ4v) is 1.29. The Labute approximate surface area is 70.2 Å². The van der Waals surface area contributed by atoms with Crippen molar-refractivity contribution in [1.82, 2.24) is 0 Å². The van der Waals surface area contributed by atoms with Gasteiger partial charge in [-0.05, 0) is 6.92 Å². The van der Waals surface area contributed by atoms with E-state index >= 15 is 0 Å². The molecule has 0 aromatic carbocycles. The molecule has 0 aliphatic carbocycles. The topological polar surface area (TPSA) is 90.2 Å². The smallest absolute Gasteiger partial charge is 0.111 e. The summed E-state index contributed by atoms with van der Waals surface area (Å²) in [6.07, 6.45) is -4.94. The molecule has 1 heterocycles. The first-order valence-electron chi connectivity index (χ1n) is 3.88. The molecule has 0 amide bonds. The highest BCUT2D eigenvalue weighted by Gasteiger charge is 2.41. The van der Waals surface area contributed by atoms with Gasteiger partial charge in [-0.3, -0.25) is 0 Å². The zero-order valence-electron chi connectivity index (χ0n) is 6.79. The summed E-state index contributed by atoms with van der Waals surface area (Å²) in [5.74, 6) is 0. The standard InChI is InChI=1S/C7H14O5/c1-3-5(9)7(11)6(10)4(2-8)12-3/h3-11H,2H2,1H3/t3?,4?,5-,6-,7+/m0/s1. The summed E-state index contributed by atoms with van der Waals surface area (Å²) in [4.78, 5) is 0. The molecule has 0 bridgehead atoms. The van der Waals surface area contributed by atoms with Crippen LogP contribution in [0.1, 0.15) is 6.92 Å². The molecule has 1 saturated heterocycles. The number of hydrogen-bond acceptors (Lipinski definition) is 5. The Kier molecular flexibility index (Phi) is 3.03. The van der Waals surface area contributed by atoms with Crippen LogP contribution in [-0.2, 0) is 4.74 Å². The summed E-state index contributed by atoms with van der Waals surface area (Å²) in [5.41, 5.74) is 0. The largest absolute Gasteiger partial charge is 0.394 e. The highest BCUT2D eigenvalue weighted by atomic mass is 16.5. The highest BCUT2D eigenvalue weighted by molar-refractivity contribution is 4.89. The summed E-state index contributed by atoms with van der Waals surface area (Å²) < 4.78 is 5.02. The molecule has 1 rings (SSSR count). The molecular weight excluding hydrogens is 164 g/mol. The maximum atomic E-state index is 9.23. The van der Waals surface area contributed by atoms with E-state index in [2.05, 4.69) is 0 Å². The second-order valence-corrected chi connectivity index (χ2v) is 3.03. The number of hydrogen-bond donors (Lipinski definition) is 4.